The highest BCUT2D eigenvalue weighted by Gasteiger charge is 2.30. The van der Waals surface area contributed by atoms with E-state index in [1.807, 2.05) is 4.90 Å². The number of nitrogens with one attached hydrogen (secondary N) is 1. The predicted octanol–water partition coefficient (Wildman–Crippen LogP) is 2.59. The number of carbonyl (C=O) groups is 2. The van der Waals surface area contributed by atoms with Crippen molar-refractivity contribution in [3.63, 3.8) is 0 Å². The van der Waals surface area contributed by atoms with Gasteiger partial charge in [0, 0.05) is 50.7 Å². The third-order valence-electron chi connectivity index (χ3n) is 6.71. The maximum Gasteiger partial charge on any atom is 0.416 e. The Balaban J connectivity index is 1.52. The van der Waals surface area contributed by atoms with Gasteiger partial charge >= 0.3 is 6.18 Å². The van der Waals surface area contributed by atoms with Crippen molar-refractivity contribution in [3.8, 4) is 11.5 Å². The number of benzene rings is 1. The summed E-state index contributed by atoms with van der Waals surface area (Å²) in [6, 6.07) is 9.28. The number of carbonyl (C=O) groups excluding carboxylic acids is 2. The average molecular weight is 555 g/mol. The Morgan fingerprint density at radius 1 is 1.02 bits per heavy atom. The van der Waals surface area contributed by atoms with Crippen LogP contribution in [0.4, 0.5) is 24.5 Å². The SMILES string of the molecule is CC(=O)N1CCN(c2c(C)n(CC(=O)Nc3ccc(C(F)(F)F)cc3)c3nc(-c4ccccn4)nn3c2=O)CC1. The largest absolute Gasteiger partial charge is 0.416 e. The van der Waals surface area contributed by atoms with Gasteiger partial charge in [-0.1, -0.05) is 6.07 Å². The Morgan fingerprint density at radius 3 is 2.33 bits per heavy atom. The summed E-state index contributed by atoms with van der Waals surface area (Å²) in [7, 11) is 0. The Morgan fingerprint density at radius 2 is 1.73 bits per heavy atom. The number of hydrogen-bond acceptors (Lipinski definition) is 7. The molecule has 4 heterocycles. The zero-order valence-corrected chi connectivity index (χ0v) is 21.6. The fourth-order valence-corrected chi connectivity index (χ4v) is 4.64. The topological polar surface area (TPSA) is 118 Å². The van der Waals surface area contributed by atoms with Gasteiger partial charge in [0.15, 0.2) is 0 Å². The van der Waals surface area contributed by atoms with Crippen molar-refractivity contribution in [2.24, 2.45) is 0 Å². The zero-order chi connectivity index (χ0) is 28.6. The number of anilines is 2. The third kappa shape index (κ3) is 5.24. The number of nitrogens with zero attached hydrogens (tertiary/aromatic N) is 7. The molecule has 1 fully saturated rings. The van der Waals surface area contributed by atoms with Crippen LogP contribution in [0.3, 0.4) is 0 Å². The van der Waals surface area contributed by atoms with E-state index >= 15 is 0 Å². The summed E-state index contributed by atoms with van der Waals surface area (Å²) in [6.45, 7) is 4.55. The molecule has 0 saturated carbocycles. The van der Waals surface area contributed by atoms with E-state index < -0.39 is 23.2 Å². The normalized spacial score (nSPS) is 14.0. The highest BCUT2D eigenvalue weighted by Crippen LogP contribution is 2.30. The second-order valence-corrected chi connectivity index (χ2v) is 9.30. The van der Waals surface area contributed by atoms with Crippen LogP contribution in [0.25, 0.3) is 17.3 Å². The van der Waals surface area contributed by atoms with Crippen molar-refractivity contribution in [3.05, 3.63) is 70.3 Å². The van der Waals surface area contributed by atoms with Gasteiger partial charge in [-0.3, -0.25) is 19.4 Å². The van der Waals surface area contributed by atoms with Crippen molar-refractivity contribution in [1.82, 2.24) is 29.0 Å². The van der Waals surface area contributed by atoms with Gasteiger partial charge in [0.05, 0.1) is 5.56 Å². The maximum absolute atomic E-state index is 13.7. The fraction of sp³-hybridized carbons (Fsp3) is 0.308. The predicted molar refractivity (Wildman–Crippen MR) is 140 cm³/mol. The molecule has 0 radical (unpaired) electrons. The highest BCUT2D eigenvalue weighted by molar-refractivity contribution is 5.91. The quantitative estimate of drug-likeness (QED) is 0.403. The first-order valence-corrected chi connectivity index (χ1v) is 12.4. The molecule has 0 bridgehead atoms. The average Bonchev–Trinajstić information content (AvgIpc) is 3.38. The van der Waals surface area contributed by atoms with Crippen molar-refractivity contribution in [2.45, 2.75) is 26.6 Å². The Kier molecular flexibility index (Phi) is 7.00. The summed E-state index contributed by atoms with van der Waals surface area (Å²) in [5.41, 5.74) is 0.123. The minimum absolute atomic E-state index is 0.0551. The van der Waals surface area contributed by atoms with E-state index in [9.17, 15) is 27.6 Å². The Bertz CT molecular complexity index is 1620. The van der Waals surface area contributed by atoms with E-state index in [1.165, 1.54) is 23.6 Å². The fourth-order valence-electron chi connectivity index (χ4n) is 4.64. The summed E-state index contributed by atoms with van der Waals surface area (Å²) >= 11 is 0. The molecule has 40 heavy (non-hydrogen) atoms. The lowest BCUT2D eigenvalue weighted by molar-refractivity contribution is -0.137. The van der Waals surface area contributed by atoms with Gasteiger partial charge in [-0.2, -0.15) is 22.7 Å². The lowest BCUT2D eigenvalue weighted by Crippen LogP contribution is -2.50. The van der Waals surface area contributed by atoms with Crippen LogP contribution in [0.15, 0.2) is 53.5 Å². The smallest absolute Gasteiger partial charge is 0.362 e. The molecule has 0 spiro atoms. The molecule has 4 aromatic rings. The monoisotopic (exact) mass is 554 g/mol. The second-order valence-electron chi connectivity index (χ2n) is 9.30. The van der Waals surface area contributed by atoms with E-state index in [-0.39, 0.29) is 29.7 Å². The molecule has 1 N–H and O–H groups in total. The number of hydrogen-bond donors (Lipinski definition) is 1. The minimum Gasteiger partial charge on any atom is -0.362 e. The first-order valence-electron chi connectivity index (χ1n) is 12.4. The molecule has 208 valence electrons. The van der Waals surface area contributed by atoms with Crippen LogP contribution < -0.4 is 15.8 Å². The summed E-state index contributed by atoms with van der Waals surface area (Å²) in [4.78, 5) is 50.8. The summed E-state index contributed by atoms with van der Waals surface area (Å²) in [5, 5.41) is 6.99. The maximum atomic E-state index is 13.7. The van der Waals surface area contributed by atoms with Crippen LogP contribution in [0, 0.1) is 6.92 Å². The van der Waals surface area contributed by atoms with Gasteiger partial charge in [-0.15, -0.1) is 5.10 Å². The van der Waals surface area contributed by atoms with Crippen LogP contribution in [0.1, 0.15) is 18.2 Å². The lowest BCUT2D eigenvalue weighted by Gasteiger charge is -2.36. The molecular weight excluding hydrogens is 529 g/mol. The van der Waals surface area contributed by atoms with E-state index in [0.717, 1.165) is 16.6 Å². The third-order valence-corrected chi connectivity index (χ3v) is 6.71. The molecule has 2 amide bonds. The molecule has 0 atom stereocenters. The molecule has 0 unspecified atom stereocenters. The van der Waals surface area contributed by atoms with Crippen LogP contribution in [0.5, 0.6) is 0 Å². The van der Waals surface area contributed by atoms with Crippen LogP contribution in [-0.2, 0) is 22.3 Å². The summed E-state index contributed by atoms with van der Waals surface area (Å²) < 4.78 is 41.4. The van der Waals surface area contributed by atoms with E-state index in [1.54, 1.807) is 36.2 Å². The van der Waals surface area contributed by atoms with E-state index in [0.29, 0.717) is 43.3 Å². The van der Waals surface area contributed by atoms with Crippen LogP contribution in [-0.4, -0.2) is 67.0 Å². The first kappa shape index (κ1) is 26.8. The van der Waals surface area contributed by atoms with E-state index in [2.05, 4.69) is 20.4 Å². The van der Waals surface area contributed by atoms with Gasteiger partial charge in [-0.25, -0.2) is 0 Å². The van der Waals surface area contributed by atoms with Gasteiger partial charge < -0.3 is 19.7 Å². The van der Waals surface area contributed by atoms with Crippen LogP contribution >= 0.6 is 0 Å². The van der Waals surface area contributed by atoms with E-state index in [4.69, 9.17) is 0 Å². The molecule has 3 aromatic heterocycles. The van der Waals surface area contributed by atoms with Gasteiger partial charge in [0.25, 0.3) is 5.56 Å². The summed E-state index contributed by atoms with van der Waals surface area (Å²) in [5.74, 6) is -0.298. The van der Waals surface area contributed by atoms with Crippen molar-refractivity contribution >= 4 is 29.0 Å². The number of alkyl halides is 3. The second kappa shape index (κ2) is 10.4. The Hall–Kier alpha value is -4.75. The van der Waals surface area contributed by atoms with Crippen LogP contribution in [0.2, 0.25) is 0 Å². The van der Waals surface area contributed by atoms with Crippen molar-refractivity contribution < 1.29 is 22.8 Å². The summed E-state index contributed by atoms with van der Waals surface area (Å²) in [6.07, 6.45) is -2.93. The number of amides is 2. The number of rotatable bonds is 5. The number of pyridine rings is 1. The number of fused-ring (bicyclic) bond motifs is 1. The molecule has 5 rings (SSSR count). The molecule has 1 aliphatic rings. The molecule has 14 heteroatoms. The van der Waals surface area contributed by atoms with Crippen molar-refractivity contribution in [2.75, 3.05) is 36.4 Å². The van der Waals surface area contributed by atoms with Gasteiger partial charge in [0.2, 0.25) is 23.4 Å². The molecule has 1 aromatic carbocycles. The standard InChI is InChI=1S/C26H25F3N8O3/c1-16-22(35-13-11-34(12-14-35)17(2)38)24(40)37-25(32-23(33-37)20-5-3-4-10-30-20)36(16)15-21(39)31-19-8-6-18(7-9-19)26(27,28)29/h3-10H,11-15H2,1-2H3,(H,31,39). The molecule has 0 aliphatic carbocycles. The first-order chi connectivity index (χ1) is 19.0. The number of piperazine rings is 1. The molecule has 1 saturated heterocycles. The van der Waals surface area contributed by atoms with Gasteiger partial charge in [0.1, 0.15) is 17.9 Å². The Labute approximate surface area is 225 Å². The minimum atomic E-state index is -4.49. The van der Waals surface area contributed by atoms with Gasteiger partial charge in [-0.05, 0) is 43.3 Å². The lowest BCUT2D eigenvalue weighted by atomic mass is 10.2. The highest BCUT2D eigenvalue weighted by atomic mass is 19.4. The number of halogens is 3. The molecule has 1 aliphatic heterocycles. The number of aromatic nitrogens is 5. The molecule has 11 nitrogen and oxygen atoms in total. The zero-order valence-electron chi connectivity index (χ0n) is 21.6. The van der Waals surface area contributed by atoms with Crippen molar-refractivity contribution in [1.29, 1.82) is 0 Å². The molecular formula is C26H25F3N8O3.